The van der Waals surface area contributed by atoms with E-state index in [9.17, 15) is 9.59 Å². The van der Waals surface area contributed by atoms with Crippen LogP contribution in [-0.4, -0.2) is 35.4 Å². The normalized spacial score (nSPS) is 13.3. The van der Waals surface area contributed by atoms with Crippen molar-refractivity contribution >= 4 is 29.2 Å². The fourth-order valence-electron chi connectivity index (χ4n) is 1.62. The summed E-state index contributed by atoms with van der Waals surface area (Å²) in [6.45, 7) is 3.29. The summed E-state index contributed by atoms with van der Waals surface area (Å²) < 4.78 is 10.1. The van der Waals surface area contributed by atoms with Gasteiger partial charge in [0, 0.05) is 0 Å². The third kappa shape index (κ3) is 2.60. The van der Waals surface area contributed by atoms with Crippen LogP contribution in [0.3, 0.4) is 0 Å². The molecule has 0 saturated carbocycles. The number of esters is 1. The largest absolute Gasteiger partial charge is 0.479 e. The quantitative estimate of drug-likeness (QED) is 0.658. The van der Waals surface area contributed by atoms with Crippen molar-refractivity contribution in [1.82, 2.24) is 9.97 Å². The highest BCUT2D eigenvalue weighted by atomic mass is 32.2. The summed E-state index contributed by atoms with van der Waals surface area (Å²) >= 11 is 1.09. The Balaban J connectivity index is 2.47. The van der Waals surface area contributed by atoms with Gasteiger partial charge in [-0.15, -0.1) is 0 Å². The third-order valence-corrected chi connectivity index (χ3v) is 3.64. The van der Waals surface area contributed by atoms with E-state index in [4.69, 9.17) is 9.47 Å². The smallest absolute Gasteiger partial charge is 0.356 e. The van der Waals surface area contributed by atoms with Gasteiger partial charge >= 0.3 is 5.97 Å². The maximum Gasteiger partial charge on any atom is 0.356 e. The van der Waals surface area contributed by atoms with Crippen molar-refractivity contribution in [3.63, 3.8) is 0 Å². The van der Waals surface area contributed by atoms with Crippen molar-refractivity contribution in [1.29, 1.82) is 0 Å². The monoisotopic (exact) mass is 295 g/mol. The Bertz CT molecular complexity index is 600. The van der Waals surface area contributed by atoms with Gasteiger partial charge in [-0.3, -0.25) is 4.79 Å². The zero-order valence-corrected chi connectivity index (χ0v) is 12.0. The second-order valence-corrected chi connectivity index (χ2v) is 4.77. The van der Waals surface area contributed by atoms with E-state index in [1.807, 2.05) is 0 Å². The lowest BCUT2D eigenvalue weighted by molar-refractivity contribution is -0.138. The van der Waals surface area contributed by atoms with Crippen LogP contribution in [0.4, 0.5) is 5.69 Å². The second-order valence-electron chi connectivity index (χ2n) is 3.77. The molecule has 1 N–H and O–H groups in total. The lowest BCUT2D eigenvalue weighted by atomic mass is 10.3. The van der Waals surface area contributed by atoms with Gasteiger partial charge in [0.2, 0.25) is 5.88 Å². The minimum atomic E-state index is -0.596. The van der Waals surface area contributed by atoms with E-state index in [1.54, 1.807) is 6.92 Å². The van der Waals surface area contributed by atoms with Crippen LogP contribution in [0.2, 0.25) is 0 Å². The molecular formula is C12H13N3O4S. The fourth-order valence-corrected chi connectivity index (χ4v) is 2.53. The van der Waals surface area contributed by atoms with Gasteiger partial charge in [-0.2, -0.15) is 4.98 Å². The van der Waals surface area contributed by atoms with Gasteiger partial charge in [-0.25, -0.2) is 9.78 Å². The first-order valence-corrected chi connectivity index (χ1v) is 6.66. The van der Waals surface area contributed by atoms with Gasteiger partial charge in [0.05, 0.1) is 18.6 Å². The predicted octanol–water partition coefficient (Wildman–Crippen LogP) is 1.37. The van der Waals surface area contributed by atoms with Crippen molar-refractivity contribution < 1.29 is 19.1 Å². The van der Waals surface area contributed by atoms with Crippen molar-refractivity contribution in [3.8, 4) is 5.88 Å². The average molecular weight is 295 g/mol. The number of hydrogen-bond acceptors (Lipinski definition) is 8. The number of ketones is 1. The number of methoxy groups -OCH3 is 1. The molecule has 106 valence electrons. The van der Waals surface area contributed by atoms with Crippen LogP contribution in [0.15, 0.2) is 22.0 Å². The Labute approximate surface area is 119 Å². The standard InChI is InChI=1S/C12H13N3O4S/c1-4-19-12(17)7-9(6(2)16)20-11-8(15-7)10(18-3)13-5-14-11/h5,15H,4H2,1-3H3. The summed E-state index contributed by atoms with van der Waals surface area (Å²) in [5.41, 5.74) is 0.540. The van der Waals surface area contributed by atoms with E-state index in [0.29, 0.717) is 16.6 Å². The molecule has 0 fully saturated rings. The molecule has 0 amide bonds. The Morgan fingerprint density at radius 3 is 2.75 bits per heavy atom. The molecule has 7 nitrogen and oxygen atoms in total. The van der Waals surface area contributed by atoms with Crippen molar-refractivity contribution in [3.05, 3.63) is 16.9 Å². The number of carbonyl (C=O) groups is 2. The Hall–Kier alpha value is -2.09. The molecule has 1 aliphatic rings. The Morgan fingerprint density at radius 1 is 1.40 bits per heavy atom. The van der Waals surface area contributed by atoms with Crippen LogP contribution in [-0.2, 0) is 14.3 Å². The Morgan fingerprint density at radius 2 is 2.15 bits per heavy atom. The number of rotatable bonds is 4. The van der Waals surface area contributed by atoms with Gasteiger partial charge < -0.3 is 14.8 Å². The number of anilines is 1. The SMILES string of the molecule is CCOC(=O)C1=C(C(C)=O)Sc2ncnc(OC)c2N1. The Kier molecular flexibility index (Phi) is 4.23. The van der Waals surface area contributed by atoms with Crippen LogP contribution in [0, 0.1) is 0 Å². The molecule has 0 aromatic carbocycles. The molecule has 1 aromatic heterocycles. The number of Topliss-reactive ketones (excluding diaryl/α,β-unsaturated/α-hetero) is 1. The molecule has 8 heteroatoms. The van der Waals surface area contributed by atoms with E-state index in [2.05, 4.69) is 15.3 Å². The van der Waals surface area contributed by atoms with Gasteiger partial charge in [-0.1, -0.05) is 11.8 Å². The number of nitrogens with zero attached hydrogens (tertiary/aromatic N) is 2. The molecule has 1 aliphatic heterocycles. The lowest BCUT2D eigenvalue weighted by Gasteiger charge is -2.21. The van der Waals surface area contributed by atoms with Gasteiger partial charge in [0.15, 0.2) is 5.78 Å². The topological polar surface area (TPSA) is 90.4 Å². The predicted molar refractivity (Wildman–Crippen MR) is 72.4 cm³/mol. The molecule has 0 unspecified atom stereocenters. The number of carbonyl (C=O) groups excluding carboxylic acids is 2. The number of aromatic nitrogens is 2. The zero-order valence-electron chi connectivity index (χ0n) is 11.2. The van der Waals surface area contributed by atoms with E-state index in [0.717, 1.165) is 11.8 Å². The maximum absolute atomic E-state index is 11.9. The van der Waals surface area contributed by atoms with Crippen LogP contribution >= 0.6 is 11.8 Å². The first-order valence-electron chi connectivity index (χ1n) is 5.84. The number of ether oxygens (including phenoxy) is 2. The van der Waals surface area contributed by atoms with Gasteiger partial charge in [-0.05, 0) is 13.8 Å². The molecule has 2 heterocycles. The van der Waals surface area contributed by atoms with Crippen molar-refractivity contribution in [2.75, 3.05) is 19.0 Å². The van der Waals surface area contributed by atoms with E-state index in [1.165, 1.54) is 20.4 Å². The number of hydrogen-bond donors (Lipinski definition) is 1. The van der Waals surface area contributed by atoms with E-state index >= 15 is 0 Å². The summed E-state index contributed by atoms with van der Waals surface area (Å²) in [7, 11) is 1.46. The highest BCUT2D eigenvalue weighted by Gasteiger charge is 2.30. The fraction of sp³-hybridized carbons (Fsp3) is 0.333. The van der Waals surface area contributed by atoms with Crippen LogP contribution in [0.1, 0.15) is 13.8 Å². The molecular weight excluding hydrogens is 282 g/mol. The molecule has 20 heavy (non-hydrogen) atoms. The highest BCUT2D eigenvalue weighted by molar-refractivity contribution is 8.04. The van der Waals surface area contributed by atoms with Crippen LogP contribution in [0.5, 0.6) is 5.88 Å². The van der Waals surface area contributed by atoms with E-state index < -0.39 is 5.97 Å². The first-order chi connectivity index (χ1) is 9.58. The van der Waals surface area contributed by atoms with Crippen molar-refractivity contribution in [2.45, 2.75) is 18.9 Å². The van der Waals surface area contributed by atoms with Gasteiger partial charge in [0.25, 0.3) is 0 Å². The zero-order chi connectivity index (χ0) is 14.7. The third-order valence-electron chi connectivity index (χ3n) is 2.45. The average Bonchev–Trinajstić information content (AvgIpc) is 2.45. The van der Waals surface area contributed by atoms with Crippen LogP contribution < -0.4 is 10.1 Å². The molecule has 0 spiro atoms. The molecule has 2 rings (SSSR count). The number of allylic oxidation sites excluding steroid dienone is 1. The number of nitrogens with one attached hydrogen (secondary N) is 1. The van der Waals surface area contributed by atoms with Crippen molar-refractivity contribution in [2.24, 2.45) is 0 Å². The van der Waals surface area contributed by atoms with E-state index in [-0.39, 0.29) is 23.0 Å². The molecule has 0 aliphatic carbocycles. The maximum atomic E-state index is 11.9. The second kappa shape index (κ2) is 5.91. The summed E-state index contributed by atoms with van der Waals surface area (Å²) in [4.78, 5) is 31.9. The molecule has 1 aromatic rings. The minimum absolute atomic E-state index is 0.0879. The first kappa shape index (κ1) is 14.3. The molecule has 0 radical (unpaired) electrons. The molecule has 0 saturated heterocycles. The molecule has 0 atom stereocenters. The van der Waals surface area contributed by atoms with Gasteiger partial charge in [0.1, 0.15) is 22.7 Å². The lowest BCUT2D eigenvalue weighted by Crippen LogP contribution is -2.22. The number of thioether (sulfide) groups is 1. The highest BCUT2D eigenvalue weighted by Crippen LogP contribution is 2.42. The summed E-state index contributed by atoms with van der Waals surface area (Å²) in [5, 5.41) is 3.37. The minimum Gasteiger partial charge on any atom is -0.479 e. The van der Waals surface area contributed by atoms with Crippen LogP contribution in [0.25, 0.3) is 0 Å². The molecule has 0 bridgehead atoms. The number of fused-ring (bicyclic) bond motifs is 1. The summed E-state index contributed by atoms with van der Waals surface area (Å²) in [5.74, 6) is -0.539. The summed E-state index contributed by atoms with van der Waals surface area (Å²) in [6.07, 6.45) is 1.33. The summed E-state index contributed by atoms with van der Waals surface area (Å²) in [6, 6.07) is 0.